The molecule has 0 aromatic carbocycles. The molecule has 0 saturated heterocycles. The Balaban J connectivity index is 0.00000121. The van der Waals surface area contributed by atoms with Crippen LogP contribution in [0.1, 0.15) is 39.0 Å². The minimum absolute atomic E-state index is 0.605. The number of halogens is 1. The van der Waals surface area contributed by atoms with E-state index in [0.717, 1.165) is 28.0 Å². The first-order valence-corrected chi connectivity index (χ1v) is 5.96. The first-order chi connectivity index (χ1) is 7.95. The smallest absolute Gasteiger partial charge is 0.141 e. The first kappa shape index (κ1) is 15.7. The van der Waals surface area contributed by atoms with Gasteiger partial charge in [0.2, 0.25) is 0 Å². The van der Waals surface area contributed by atoms with E-state index in [-0.39, 0.29) is 0 Å². The van der Waals surface area contributed by atoms with Crippen LogP contribution in [0.15, 0.2) is 40.1 Å². The zero-order valence-electron chi connectivity index (χ0n) is 11.2. The van der Waals surface area contributed by atoms with Crippen molar-refractivity contribution in [3.8, 4) is 0 Å². The monoisotopic (exact) mass is 253 g/mol. The van der Waals surface area contributed by atoms with Crippen molar-refractivity contribution in [2.75, 3.05) is 0 Å². The summed E-state index contributed by atoms with van der Waals surface area (Å²) < 4.78 is 5.01. The normalized spacial score (nSPS) is 11.2. The number of allylic oxidation sites excluding steroid dienone is 4. The summed E-state index contributed by atoms with van der Waals surface area (Å²) in [5.41, 5.74) is 3.39. The summed E-state index contributed by atoms with van der Waals surface area (Å²) in [5.74, 6) is 0.729. The molecule has 2 nitrogen and oxygen atoms in total. The van der Waals surface area contributed by atoms with Crippen molar-refractivity contribution in [1.82, 2.24) is 5.16 Å². The van der Waals surface area contributed by atoms with Crippen LogP contribution in [0.5, 0.6) is 0 Å². The van der Waals surface area contributed by atoms with Gasteiger partial charge in [-0.15, -0.1) is 0 Å². The number of hydrogen-bond acceptors (Lipinski definition) is 2. The molecule has 0 aliphatic carbocycles. The predicted octanol–water partition coefficient (Wildman–Crippen LogP) is 5.11. The Hall–Kier alpha value is -1.28. The maximum absolute atomic E-state index is 6.19. The Morgan fingerprint density at radius 1 is 1.24 bits per heavy atom. The lowest BCUT2D eigenvalue weighted by atomic mass is 9.99. The van der Waals surface area contributed by atoms with Gasteiger partial charge in [-0.3, -0.25) is 0 Å². The van der Waals surface area contributed by atoms with Gasteiger partial charge in [0.1, 0.15) is 5.76 Å². The molecule has 3 heteroatoms. The molecular formula is C14H20ClNO. The van der Waals surface area contributed by atoms with E-state index in [1.165, 1.54) is 0 Å². The third kappa shape index (κ3) is 3.90. The highest BCUT2D eigenvalue weighted by molar-refractivity contribution is 6.35. The minimum Gasteiger partial charge on any atom is -0.361 e. The van der Waals surface area contributed by atoms with Crippen LogP contribution in [0.4, 0.5) is 0 Å². The molecule has 0 saturated carbocycles. The average molecular weight is 254 g/mol. The second-order valence-electron chi connectivity index (χ2n) is 3.55. The molecule has 0 amide bonds. The van der Waals surface area contributed by atoms with E-state index in [1.807, 2.05) is 34.6 Å². The number of aryl methyl sites for hydroxylation is 1. The van der Waals surface area contributed by atoms with Gasteiger partial charge in [-0.2, -0.15) is 0 Å². The minimum atomic E-state index is 0.605. The van der Waals surface area contributed by atoms with Crippen molar-refractivity contribution in [3.05, 3.63) is 46.9 Å². The van der Waals surface area contributed by atoms with Gasteiger partial charge in [0.05, 0.1) is 11.2 Å². The van der Waals surface area contributed by atoms with Crippen LogP contribution in [0, 0.1) is 6.92 Å². The maximum atomic E-state index is 6.19. The molecule has 0 aliphatic rings. The van der Waals surface area contributed by atoms with Crippen molar-refractivity contribution >= 4 is 17.2 Å². The van der Waals surface area contributed by atoms with Gasteiger partial charge in [-0.25, -0.2) is 0 Å². The molecule has 17 heavy (non-hydrogen) atoms. The Morgan fingerprint density at radius 3 is 2.06 bits per heavy atom. The Morgan fingerprint density at radius 2 is 1.76 bits per heavy atom. The van der Waals surface area contributed by atoms with E-state index in [2.05, 4.69) is 18.3 Å². The number of hydrogen-bond donors (Lipinski definition) is 0. The highest BCUT2D eigenvalue weighted by Gasteiger charge is 2.14. The fraction of sp³-hybridized carbons (Fsp3) is 0.357. The van der Waals surface area contributed by atoms with E-state index >= 15 is 0 Å². The Kier molecular flexibility index (Phi) is 6.59. The fourth-order valence-corrected chi connectivity index (χ4v) is 1.55. The van der Waals surface area contributed by atoms with Crippen molar-refractivity contribution < 1.29 is 4.52 Å². The topological polar surface area (TPSA) is 26.0 Å². The van der Waals surface area contributed by atoms with E-state index in [4.69, 9.17) is 16.1 Å². The SMILES string of the molecule is C=C(C)/C(Cl)=C(\C(=C)C)c1cnoc1C.CC. The molecule has 1 rings (SSSR count). The molecule has 0 spiro atoms. The lowest BCUT2D eigenvalue weighted by molar-refractivity contribution is 0.397. The summed E-state index contributed by atoms with van der Waals surface area (Å²) in [6.07, 6.45) is 1.64. The largest absolute Gasteiger partial charge is 0.361 e. The van der Waals surface area contributed by atoms with Crippen LogP contribution in [-0.4, -0.2) is 5.16 Å². The van der Waals surface area contributed by atoms with E-state index in [1.54, 1.807) is 6.20 Å². The third-order valence-corrected chi connectivity index (χ3v) is 2.55. The van der Waals surface area contributed by atoms with Gasteiger partial charge >= 0.3 is 0 Å². The fourth-order valence-electron chi connectivity index (χ4n) is 1.29. The molecule has 94 valence electrons. The second-order valence-corrected chi connectivity index (χ2v) is 3.92. The predicted molar refractivity (Wildman–Crippen MR) is 75.0 cm³/mol. The average Bonchev–Trinajstić information content (AvgIpc) is 2.67. The van der Waals surface area contributed by atoms with Crippen LogP contribution in [-0.2, 0) is 0 Å². The van der Waals surface area contributed by atoms with Gasteiger partial charge in [-0.1, -0.05) is 43.8 Å². The maximum Gasteiger partial charge on any atom is 0.141 e. The van der Waals surface area contributed by atoms with Crippen LogP contribution in [0.3, 0.4) is 0 Å². The first-order valence-electron chi connectivity index (χ1n) is 5.58. The molecule has 0 bridgehead atoms. The van der Waals surface area contributed by atoms with Crippen molar-refractivity contribution in [1.29, 1.82) is 0 Å². The van der Waals surface area contributed by atoms with Gasteiger partial charge in [0.25, 0.3) is 0 Å². The number of aromatic nitrogens is 1. The summed E-state index contributed by atoms with van der Waals surface area (Å²) in [6, 6.07) is 0. The molecule has 0 radical (unpaired) electrons. The summed E-state index contributed by atoms with van der Waals surface area (Å²) in [6.45, 7) is 17.3. The molecule has 0 unspecified atom stereocenters. The quantitative estimate of drug-likeness (QED) is 0.700. The highest BCUT2D eigenvalue weighted by Crippen LogP contribution is 2.32. The molecule has 0 aliphatic heterocycles. The van der Waals surface area contributed by atoms with Crippen LogP contribution in [0.25, 0.3) is 5.57 Å². The summed E-state index contributed by atoms with van der Waals surface area (Å²) in [7, 11) is 0. The van der Waals surface area contributed by atoms with Crippen molar-refractivity contribution in [3.63, 3.8) is 0 Å². The van der Waals surface area contributed by atoms with Gasteiger partial charge in [0, 0.05) is 11.1 Å². The van der Waals surface area contributed by atoms with Crippen molar-refractivity contribution in [2.45, 2.75) is 34.6 Å². The molecule has 0 atom stereocenters. The van der Waals surface area contributed by atoms with Gasteiger partial charge < -0.3 is 4.52 Å². The van der Waals surface area contributed by atoms with Crippen LogP contribution >= 0.6 is 11.6 Å². The second kappa shape index (κ2) is 7.13. The zero-order chi connectivity index (χ0) is 13.6. The standard InChI is InChI=1S/C12H14ClNO.C2H6/c1-7(2)11(12(13)8(3)4)10-6-14-15-9(10)5;1-2/h6H,1,3H2,2,4-5H3;1-2H3/b12-11-;. The molecule has 1 aromatic heterocycles. The Bertz CT molecular complexity index is 441. The zero-order valence-corrected chi connectivity index (χ0v) is 12.0. The number of nitrogens with zero attached hydrogens (tertiary/aromatic N) is 1. The van der Waals surface area contributed by atoms with Crippen LogP contribution < -0.4 is 0 Å². The molecular weight excluding hydrogens is 234 g/mol. The molecule has 0 N–H and O–H groups in total. The van der Waals surface area contributed by atoms with Gasteiger partial charge in [-0.05, 0) is 31.9 Å². The molecule has 1 aromatic rings. The number of rotatable bonds is 3. The van der Waals surface area contributed by atoms with E-state index < -0.39 is 0 Å². The third-order valence-electron chi connectivity index (χ3n) is 2.04. The summed E-state index contributed by atoms with van der Waals surface area (Å²) in [4.78, 5) is 0. The lowest BCUT2D eigenvalue weighted by Crippen LogP contribution is -1.90. The Labute approximate surface area is 109 Å². The molecule has 1 heterocycles. The summed E-state index contributed by atoms with van der Waals surface area (Å²) >= 11 is 6.19. The van der Waals surface area contributed by atoms with E-state index in [9.17, 15) is 0 Å². The summed E-state index contributed by atoms with van der Waals surface area (Å²) in [5, 5.41) is 4.33. The highest BCUT2D eigenvalue weighted by atomic mass is 35.5. The lowest BCUT2D eigenvalue weighted by Gasteiger charge is -2.09. The molecule has 0 fully saturated rings. The van der Waals surface area contributed by atoms with Crippen LogP contribution in [0.2, 0.25) is 0 Å². The van der Waals surface area contributed by atoms with Gasteiger partial charge in [0.15, 0.2) is 0 Å². The van der Waals surface area contributed by atoms with E-state index in [0.29, 0.717) is 5.03 Å². The van der Waals surface area contributed by atoms with Crippen molar-refractivity contribution in [2.24, 2.45) is 0 Å².